The minimum atomic E-state index is -4.27. The van der Waals surface area contributed by atoms with Crippen LogP contribution in [0.1, 0.15) is 11.1 Å². The van der Waals surface area contributed by atoms with E-state index in [1.165, 1.54) is 12.1 Å². The van der Waals surface area contributed by atoms with E-state index >= 15 is 0 Å². The van der Waals surface area contributed by atoms with Gasteiger partial charge < -0.3 is 0 Å². The highest BCUT2D eigenvalue weighted by molar-refractivity contribution is 5.25. The maximum atomic E-state index is 12.6. The lowest BCUT2D eigenvalue weighted by molar-refractivity contribution is -0.137. The van der Waals surface area contributed by atoms with Gasteiger partial charge in [-0.15, -0.1) is 0 Å². The van der Waals surface area contributed by atoms with Crippen LogP contribution in [0.15, 0.2) is 24.3 Å². The molecule has 0 aromatic heterocycles. The topological polar surface area (TPSA) is 32.5 Å². The molecule has 1 saturated heterocycles. The molecule has 2 N–H and O–H groups in total. The highest BCUT2D eigenvalue weighted by Gasteiger charge is 2.30. The quantitative estimate of drug-likeness (QED) is 0.820. The molecule has 0 unspecified atom stereocenters. The molecule has 1 fully saturated rings. The van der Waals surface area contributed by atoms with Crippen molar-refractivity contribution in [1.82, 2.24) is 9.91 Å². The summed E-state index contributed by atoms with van der Waals surface area (Å²) < 4.78 is 37.7. The van der Waals surface area contributed by atoms with Gasteiger partial charge in [-0.3, -0.25) is 10.7 Å². The molecular formula is C12H16F3N3. The molecular weight excluding hydrogens is 243 g/mol. The molecule has 0 radical (unpaired) electrons. The molecule has 100 valence electrons. The lowest BCUT2D eigenvalue weighted by atomic mass is 10.1. The third-order valence-corrected chi connectivity index (χ3v) is 3.07. The summed E-state index contributed by atoms with van der Waals surface area (Å²) in [5, 5.41) is 1.72. The first-order chi connectivity index (χ1) is 8.45. The number of alkyl halides is 3. The summed E-state index contributed by atoms with van der Waals surface area (Å²) in [7, 11) is 0. The van der Waals surface area contributed by atoms with E-state index in [0.29, 0.717) is 12.1 Å². The number of piperazine rings is 1. The van der Waals surface area contributed by atoms with Crippen molar-refractivity contribution in [3.05, 3.63) is 35.4 Å². The molecule has 1 heterocycles. The van der Waals surface area contributed by atoms with Gasteiger partial charge in [-0.2, -0.15) is 13.2 Å². The summed E-state index contributed by atoms with van der Waals surface area (Å²) >= 11 is 0. The Kier molecular flexibility index (Phi) is 3.89. The minimum Gasteiger partial charge on any atom is -0.296 e. The summed E-state index contributed by atoms with van der Waals surface area (Å²) in [4.78, 5) is 2.11. The Balaban J connectivity index is 2.01. The van der Waals surface area contributed by atoms with Crippen molar-refractivity contribution in [2.45, 2.75) is 12.7 Å². The van der Waals surface area contributed by atoms with E-state index in [-0.39, 0.29) is 0 Å². The molecule has 2 rings (SSSR count). The summed E-state index contributed by atoms with van der Waals surface area (Å²) in [6.07, 6.45) is -4.27. The first-order valence-corrected chi connectivity index (χ1v) is 5.83. The second-order valence-corrected chi connectivity index (χ2v) is 4.51. The molecule has 6 heteroatoms. The summed E-state index contributed by atoms with van der Waals surface area (Å²) in [6, 6.07) is 5.50. The average molecular weight is 259 g/mol. The van der Waals surface area contributed by atoms with E-state index in [4.69, 9.17) is 5.84 Å². The normalized spacial score (nSPS) is 19.1. The number of benzene rings is 1. The highest BCUT2D eigenvalue weighted by atomic mass is 19.4. The number of nitrogens with two attached hydrogens (primary N) is 1. The molecule has 0 amide bonds. The Morgan fingerprint density at radius 3 is 2.39 bits per heavy atom. The van der Waals surface area contributed by atoms with Gasteiger partial charge in [0.2, 0.25) is 0 Å². The van der Waals surface area contributed by atoms with Crippen molar-refractivity contribution < 1.29 is 13.2 Å². The van der Waals surface area contributed by atoms with Gasteiger partial charge in [0, 0.05) is 32.7 Å². The van der Waals surface area contributed by atoms with E-state index in [2.05, 4.69) is 4.90 Å². The molecule has 0 saturated carbocycles. The SMILES string of the molecule is NN1CCN(Cc2cccc(C(F)(F)F)c2)CC1. The smallest absolute Gasteiger partial charge is 0.296 e. The Morgan fingerprint density at radius 2 is 1.78 bits per heavy atom. The minimum absolute atomic E-state index is 0.539. The molecule has 0 atom stereocenters. The number of hydrogen-bond acceptors (Lipinski definition) is 3. The van der Waals surface area contributed by atoms with Crippen molar-refractivity contribution >= 4 is 0 Å². The Bertz CT molecular complexity index is 398. The van der Waals surface area contributed by atoms with Crippen LogP contribution in [0.2, 0.25) is 0 Å². The Morgan fingerprint density at radius 1 is 1.11 bits per heavy atom. The molecule has 1 aliphatic heterocycles. The van der Waals surface area contributed by atoms with E-state index in [1.807, 2.05) is 0 Å². The zero-order valence-corrected chi connectivity index (χ0v) is 9.95. The zero-order chi connectivity index (χ0) is 13.2. The number of hydrogen-bond donors (Lipinski definition) is 1. The van der Waals surface area contributed by atoms with Crippen LogP contribution in [0.25, 0.3) is 0 Å². The molecule has 0 spiro atoms. The molecule has 1 aliphatic rings. The summed E-state index contributed by atoms with van der Waals surface area (Å²) in [5.41, 5.74) is 0.104. The third-order valence-electron chi connectivity index (χ3n) is 3.07. The van der Waals surface area contributed by atoms with Gasteiger partial charge in [0.05, 0.1) is 5.56 Å². The molecule has 1 aromatic carbocycles. The molecule has 18 heavy (non-hydrogen) atoms. The first kappa shape index (κ1) is 13.3. The monoisotopic (exact) mass is 259 g/mol. The van der Waals surface area contributed by atoms with Crippen LogP contribution in [0.3, 0.4) is 0 Å². The van der Waals surface area contributed by atoms with Crippen LogP contribution >= 0.6 is 0 Å². The predicted octanol–water partition coefficient (Wildman–Crippen LogP) is 1.70. The van der Waals surface area contributed by atoms with Crippen LogP contribution in [0, 0.1) is 0 Å². The lowest BCUT2D eigenvalue weighted by Gasteiger charge is -2.32. The summed E-state index contributed by atoms with van der Waals surface area (Å²) in [6.45, 7) is 3.61. The fourth-order valence-corrected chi connectivity index (χ4v) is 2.03. The van der Waals surface area contributed by atoms with Crippen molar-refractivity contribution in [1.29, 1.82) is 0 Å². The van der Waals surface area contributed by atoms with E-state index < -0.39 is 11.7 Å². The van der Waals surface area contributed by atoms with Crippen molar-refractivity contribution in [2.24, 2.45) is 5.84 Å². The van der Waals surface area contributed by atoms with E-state index in [0.717, 1.165) is 32.2 Å². The van der Waals surface area contributed by atoms with Gasteiger partial charge in [-0.05, 0) is 11.6 Å². The van der Waals surface area contributed by atoms with Gasteiger partial charge in [-0.1, -0.05) is 18.2 Å². The third kappa shape index (κ3) is 3.44. The van der Waals surface area contributed by atoms with E-state index in [1.54, 1.807) is 11.1 Å². The van der Waals surface area contributed by atoms with Crippen molar-refractivity contribution in [3.8, 4) is 0 Å². The Hall–Kier alpha value is -1.11. The molecule has 3 nitrogen and oxygen atoms in total. The average Bonchev–Trinajstić information content (AvgIpc) is 2.31. The molecule has 0 aliphatic carbocycles. The van der Waals surface area contributed by atoms with E-state index in [9.17, 15) is 13.2 Å². The Labute approximate surface area is 104 Å². The molecule has 0 bridgehead atoms. The number of nitrogens with zero attached hydrogens (tertiary/aromatic N) is 2. The van der Waals surface area contributed by atoms with Crippen LogP contribution in [0.5, 0.6) is 0 Å². The number of hydrazine groups is 1. The van der Waals surface area contributed by atoms with Gasteiger partial charge in [-0.25, -0.2) is 5.01 Å². The lowest BCUT2D eigenvalue weighted by Crippen LogP contribution is -2.48. The highest BCUT2D eigenvalue weighted by Crippen LogP contribution is 2.29. The largest absolute Gasteiger partial charge is 0.416 e. The van der Waals surface area contributed by atoms with Gasteiger partial charge in [0.1, 0.15) is 0 Å². The van der Waals surface area contributed by atoms with Gasteiger partial charge in [0.15, 0.2) is 0 Å². The fourth-order valence-electron chi connectivity index (χ4n) is 2.03. The number of rotatable bonds is 2. The van der Waals surface area contributed by atoms with Gasteiger partial charge in [0.25, 0.3) is 0 Å². The van der Waals surface area contributed by atoms with Crippen molar-refractivity contribution in [2.75, 3.05) is 26.2 Å². The second-order valence-electron chi connectivity index (χ2n) is 4.51. The van der Waals surface area contributed by atoms with Crippen LogP contribution < -0.4 is 5.84 Å². The van der Waals surface area contributed by atoms with Crippen LogP contribution in [0.4, 0.5) is 13.2 Å². The zero-order valence-electron chi connectivity index (χ0n) is 9.95. The maximum absolute atomic E-state index is 12.6. The fraction of sp³-hybridized carbons (Fsp3) is 0.500. The second kappa shape index (κ2) is 5.26. The van der Waals surface area contributed by atoms with Crippen LogP contribution in [-0.2, 0) is 12.7 Å². The molecule has 1 aromatic rings. The standard InChI is InChI=1S/C12H16F3N3/c13-12(14,15)11-3-1-2-10(8-11)9-17-4-6-18(16)7-5-17/h1-3,8H,4-7,9,16H2. The van der Waals surface area contributed by atoms with Crippen molar-refractivity contribution in [3.63, 3.8) is 0 Å². The predicted molar refractivity (Wildman–Crippen MR) is 62.5 cm³/mol. The summed E-state index contributed by atoms with van der Waals surface area (Å²) in [5.74, 6) is 5.63. The maximum Gasteiger partial charge on any atom is 0.416 e. The van der Waals surface area contributed by atoms with Gasteiger partial charge >= 0.3 is 6.18 Å². The number of halogens is 3. The van der Waals surface area contributed by atoms with Crippen LogP contribution in [-0.4, -0.2) is 36.1 Å². The first-order valence-electron chi connectivity index (χ1n) is 5.83.